The van der Waals surface area contributed by atoms with Crippen molar-refractivity contribution in [2.24, 2.45) is 11.8 Å². The molecule has 0 aliphatic carbocycles. The molecule has 11 heteroatoms. The van der Waals surface area contributed by atoms with Gasteiger partial charge in [0, 0.05) is 51.0 Å². The topological polar surface area (TPSA) is 120 Å². The number of nitrogens with zero attached hydrogens (tertiary/aromatic N) is 4. The van der Waals surface area contributed by atoms with E-state index in [1.807, 2.05) is 61.5 Å². The van der Waals surface area contributed by atoms with E-state index in [0.29, 0.717) is 30.5 Å². The maximum atomic E-state index is 14.7. The van der Waals surface area contributed by atoms with Crippen LogP contribution in [-0.4, -0.2) is 102 Å². The minimum atomic E-state index is -1.27. The summed E-state index contributed by atoms with van der Waals surface area (Å²) in [6.07, 6.45) is 3.53. The van der Waals surface area contributed by atoms with Gasteiger partial charge in [-0.1, -0.05) is 42.5 Å². The predicted octanol–water partition coefficient (Wildman–Crippen LogP) is 4.52. The molecule has 0 saturated carbocycles. The molecule has 3 amide bonds. The number of aliphatic hydroxyl groups is 1. The van der Waals surface area contributed by atoms with E-state index < -0.39 is 53.6 Å². The first kappa shape index (κ1) is 37.8. The van der Waals surface area contributed by atoms with Gasteiger partial charge in [-0.05, 0) is 69.9 Å². The highest BCUT2D eigenvalue weighted by molar-refractivity contribution is 6.04. The molecule has 3 aliphatic heterocycles. The molecule has 2 bridgehead atoms. The summed E-state index contributed by atoms with van der Waals surface area (Å²) in [4.78, 5) is 63.2. The number of aliphatic hydroxyl groups excluding tert-OH is 1. The fourth-order valence-corrected chi connectivity index (χ4v) is 8.20. The number of fused-ring (bicyclic) bond motifs is 1. The summed E-state index contributed by atoms with van der Waals surface area (Å²) in [6, 6.07) is 15.3. The summed E-state index contributed by atoms with van der Waals surface area (Å²) in [7, 11) is 1.69. The summed E-state index contributed by atoms with van der Waals surface area (Å²) < 4.78 is 12.9. The Morgan fingerprint density at radius 3 is 2.33 bits per heavy atom. The number of carbonyl (C=O) groups excluding carboxylic acids is 4. The molecule has 0 aromatic heterocycles. The number of anilines is 2. The fraction of sp³-hybridized carbons (Fsp3) is 0.500. The zero-order valence-corrected chi connectivity index (χ0v) is 30.3. The molecule has 5 rings (SSSR count). The van der Waals surface area contributed by atoms with Crippen LogP contribution in [0.3, 0.4) is 0 Å². The van der Waals surface area contributed by atoms with E-state index in [2.05, 4.69) is 31.9 Å². The molecule has 3 heterocycles. The molecule has 2 aromatic rings. The number of esters is 1. The van der Waals surface area contributed by atoms with E-state index in [9.17, 15) is 24.3 Å². The summed E-state index contributed by atoms with van der Waals surface area (Å²) >= 11 is 0. The van der Waals surface area contributed by atoms with Gasteiger partial charge in [0.2, 0.25) is 11.8 Å². The molecular formula is C40H52N4O7. The number of benzene rings is 2. The van der Waals surface area contributed by atoms with Gasteiger partial charge >= 0.3 is 5.97 Å². The summed E-state index contributed by atoms with van der Waals surface area (Å²) in [5, 5.41) is 10.1. The maximum Gasteiger partial charge on any atom is 0.313 e. The number of likely N-dealkylation sites (tertiary alicyclic amines) is 1. The summed E-state index contributed by atoms with van der Waals surface area (Å²) in [5.74, 6) is -3.44. The summed E-state index contributed by atoms with van der Waals surface area (Å²) in [6.45, 7) is 15.0. The third-order valence-corrected chi connectivity index (χ3v) is 10.9. The average Bonchev–Trinajstić information content (AvgIpc) is 3.79. The number of hydrogen-bond donors (Lipinski definition) is 1. The number of ether oxygens (including phenoxy) is 2. The molecule has 3 saturated heterocycles. The number of carbonyl (C=O) groups is 4. The Kier molecular flexibility index (Phi) is 12.0. The van der Waals surface area contributed by atoms with Crippen LogP contribution in [0, 0.1) is 11.8 Å². The van der Waals surface area contributed by atoms with E-state index in [4.69, 9.17) is 9.47 Å². The molecule has 3 aliphatic rings. The van der Waals surface area contributed by atoms with E-state index in [1.165, 1.54) is 4.90 Å². The van der Waals surface area contributed by atoms with E-state index >= 15 is 0 Å². The lowest BCUT2D eigenvalue weighted by molar-refractivity contribution is -0.164. The van der Waals surface area contributed by atoms with Crippen LogP contribution in [0.1, 0.15) is 58.1 Å². The lowest BCUT2D eigenvalue weighted by Crippen LogP contribution is -2.56. The lowest BCUT2D eigenvalue weighted by Gasteiger charge is -2.37. The Morgan fingerprint density at radius 2 is 1.73 bits per heavy atom. The van der Waals surface area contributed by atoms with Crippen molar-refractivity contribution < 1.29 is 33.8 Å². The lowest BCUT2D eigenvalue weighted by atomic mass is 9.70. The average molecular weight is 701 g/mol. The number of allylic oxidation sites excluding steroid dienone is 1. The van der Waals surface area contributed by atoms with Crippen LogP contribution < -0.4 is 9.80 Å². The van der Waals surface area contributed by atoms with Crippen molar-refractivity contribution in [2.75, 3.05) is 49.6 Å². The number of β-amino-alcohol motifs (C(OH)–C–C–N with tert-alkyl or cyclic N) is 1. The van der Waals surface area contributed by atoms with Gasteiger partial charge in [0.05, 0.1) is 30.6 Å². The van der Waals surface area contributed by atoms with Crippen LogP contribution in [0.5, 0.6) is 0 Å². The van der Waals surface area contributed by atoms with E-state index in [-0.39, 0.29) is 37.9 Å². The Balaban J connectivity index is 1.46. The second-order valence-corrected chi connectivity index (χ2v) is 13.6. The van der Waals surface area contributed by atoms with Crippen molar-refractivity contribution in [3.05, 3.63) is 85.5 Å². The normalized spacial score (nSPS) is 24.4. The molecule has 0 radical (unpaired) electrons. The molecule has 51 heavy (non-hydrogen) atoms. The molecular weight excluding hydrogens is 648 g/mol. The van der Waals surface area contributed by atoms with Crippen LogP contribution in [0.15, 0.2) is 79.9 Å². The largest absolute Gasteiger partial charge is 0.455 e. The minimum Gasteiger partial charge on any atom is -0.455 e. The summed E-state index contributed by atoms with van der Waals surface area (Å²) in [5.41, 5.74) is 1.10. The van der Waals surface area contributed by atoms with Gasteiger partial charge in [0.15, 0.2) is 0 Å². The van der Waals surface area contributed by atoms with Crippen molar-refractivity contribution >= 4 is 35.1 Å². The Hall–Kier alpha value is -4.48. The van der Waals surface area contributed by atoms with Gasteiger partial charge < -0.3 is 34.2 Å². The molecule has 0 unspecified atom stereocenters. The van der Waals surface area contributed by atoms with Crippen LogP contribution in [0.4, 0.5) is 11.4 Å². The third-order valence-electron chi connectivity index (χ3n) is 10.9. The van der Waals surface area contributed by atoms with E-state index in [1.54, 1.807) is 29.0 Å². The Morgan fingerprint density at radius 1 is 1.06 bits per heavy atom. The SMILES string of the molecule is C=CCCC(=O)N(C)[C@H](C)[C@H](OC(=O)[C@@H]1[C@@H]2CC[C@]3(O2)[C@H](C(=O)N(CC=C)c2ccc(N(CC)CC)cc2)N(CCO)C(=O)[C@@H]13)c1ccccc1. The predicted molar refractivity (Wildman–Crippen MR) is 196 cm³/mol. The second kappa shape index (κ2) is 16.2. The van der Waals surface area contributed by atoms with Crippen LogP contribution >= 0.6 is 0 Å². The number of rotatable bonds is 17. The van der Waals surface area contributed by atoms with Gasteiger partial charge in [-0.2, -0.15) is 0 Å². The molecule has 11 nitrogen and oxygen atoms in total. The molecule has 1 spiro atoms. The second-order valence-electron chi connectivity index (χ2n) is 13.6. The van der Waals surface area contributed by atoms with Crippen molar-refractivity contribution in [3.63, 3.8) is 0 Å². The van der Waals surface area contributed by atoms with Gasteiger partial charge in [-0.3, -0.25) is 19.2 Å². The fourth-order valence-electron chi connectivity index (χ4n) is 8.20. The van der Waals surface area contributed by atoms with Gasteiger partial charge in [-0.15, -0.1) is 13.2 Å². The molecule has 7 atom stereocenters. The smallest absolute Gasteiger partial charge is 0.313 e. The monoisotopic (exact) mass is 700 g/mol. The maximum absolute atomic E-state index is 14.7. The highest BCUT2D eigenvalue weighted by Crippen LogP contribution is 2.59. The first-order valence-electron chi connectivity index (χ1n) is 18.1. The molecule has 1 N–H and O–H groups in total. The Labute approximate surface area is 301 Å². The highest BCUT2D eigenvalue weighted by atomic mass is 16.6. The first-order chi connectivity index (χ1) is 24.6. The quantitative estimate of drug-likeness (QED) is 0.189. The third kappa shape index (κ3) is 7.06. The zero-order valence-electron chi connectivity index (χ0n) is 30.3. The number of hydrogen-bond acceptors (Lipinski definition) is 8. The van der Waals surface area contributed by atoms with Crippen molar-refractivity contribution in [1.29, 1.82) is 0 Å². The van der Waals surface area contributed by atoms with Gasteiger partial charge in [0.25, 0.3) is 5.91 Å². The molecule has 2 aromatic carbocycles. The molecule has 3 fully saturated rings. The minimum absolute atomic E-state index is 0.0899. The molecule has 274 valence electrons. The van der Waals surface area contributed by atoms with Crippen LogP contribution in [-0.2, 0) is 28.7 Å². The highest BCUT2D eigenvalue weighted by Gasteiger charge is 2.75. The van der Waals surface area contributed by atoms with Crippen LogP contribution in [0.2, 0.25) is 0 Å². The van der Waals surface area contributed by atoms with Gasteiger partial charge in [0.1, 0.15) is 17.7 Å². The standard InChI is InChI=1S/C40H52N4O7/c1-7-11-17-32(46)41(6)27(5)35(28-15-13-12-14-16-28)50-39(49)33-31-22-23-40(51-31)34(33)37(47)44(25-26-45)36(40)38(48)43(24-8-2)30-20-18-29(19-21-30)42(9-3)10-4/h7-8,12-16,18-21,27,31,33-36,45H,1-2,9-11,17,22-26H2,3-6H3/t27-,31+,33-,34-,35+,36+,40-/m1/s1. The van der Waals surface area contributed by atoms with E-state index in [0.717, 1.165) is 18.8 Å². The van der Waals surface area contributed by atoms with Crippen molar-refractivity contribution in [3.8, 4) is 0 Å². The number of amides is 3. The Bertz CT molecular complexity index is 1580. The number of likely N-dealkylation sites (N-methyl/N-ethyl adjacent to an activating group) is 1. The van der Waals surface area contributed by atoms with Crippen molar-refractivity contribution in [2.45, 2.75) is 76.3 Å². The first-order valence-corrected chi connectivity index (χ1v) is 18.1. The van der Waals surface area contributed by atoms with Gasteiger partial charge in [-0.25, -0.2) is 0 Å². The van der Waals surface area contributed by atoms with Crippen molar-refractivity contribution in [1.82, 2.24) is 9.80 Å². The van der Waals surface area contributed by atoms with Crippen LogP contribution in [0.25, 0.3) is 0 Å². The zero-order chi connectivity index (χ0) is 36.9.